The van der Waals surface area contributed by atoms with Crippen LogP contribution in [0, 0.1) is 17.8 Å². The molecular formula is C16H23NO2S. The van der Waals surface area contributed by atoms with Crippen LogP contribution in [-0.2, 0) is 11.3 Å². The smallest absolute Gasteiger partial charge is 0.225 e. The third-order valence-corrected chi connectivity index (χ3v) is 3.96. The summed E-state index contributed by atoms with van der Waals surface area (Å²) in [6.07, 6.45) is 2.47. The minimum atomic E-state index is 0.0915. The van der Waals surface area contributed by atoms with Crippen molar-refractivity contribution >= 4 is 17.2 Å². The largest absolute Gasteiger partial charge is 0.395 e. The van der Waals surface area contributed by atoms with Gasteiger partial charge in [-0.05, 0) is 12.5 Å². The Hall–Kier alpha value is -1.31. The van der Waals surface area contributed by atoms with E-state index in [9.17, 15) is 4.79 Å². The van der Waals surface area contributed by atoms with Crippen LogP contribution in [0.2, 0.25) is 0 Å². The van der Waals surface area contributed by atoms with Gasteiger partial charge in [0.2, 0.25) is 5.91 Å². The van der Waals surface area contributed by atoms with Gasteiger partial charge in [-0.1, -0.05) is 32.1 Å². The third kappa shape index (κ3) is 5.36. The third-order valence-electron chi connectivity index (χ3n) is 3.04. The molecule has 0 aliphatic rings. The van der Waals surface area contributed by atoms with Gasteiger partial charge in [0.05, 0.1) is 13.2 Å². The van der Waals surface area contributed by atoms with Crippen LogP contribution in [-0.4, -0.2) is 29.6 Å². The summed E-state index contributed by atoms with van der Waals surface area (Å²) in [6.45, 7) is 4.82. The van der Waals surface area contributed by atoms with Crippen LogP contribution >= 0.6 is 11.3 Å². The van der Waals surface area contributed by atoms with Crippen LogP contribution in [0.15, 0.2) is 11.4 Å². The number of thiophene rings is 1. The number of hydrogen-bond acceptors (Lipinski definition) is 3. The molecule has 20 heavy (non-hydrogen) atoms. The lowest BCUT2D eigenvalue weighted by Crippen LogP contribution is -2.30. The first-order valence-electron chi connectivity index (χ1n) is 7.00. The molecule has 0 aliphatic heterocycles. The average Bonchev–Trinajstić information content (AvgIpc) is 2.86. The van der Waals surface area contributed by atoms with E-state index in [1.54, 1.807) is 16.2 Å². The van der Waals surface area contributed by atoms with E-state index in [0.29, 0.717) is 13.0 Å². The van der Waals surface area contributed by atoms with Gasteiger partial charge in [0.15, 0.2) is 0 Å². The summed E-state index contributed by atoms with van der Waals surface area (Å²) in [6, 6.07) is 2.02. The van der Waals surface area contributed by atoms with Crippen LogP contribution in [0.25, 0.3) is 0 Å². The van der Waals surface area contributed by atoms with Crippen molar-refractivity contribution in [3.8, 4) is 11.8 Å². The Morgan fingerprint density at radius 3 is 2.95 bits per heavy atom. The quantitative estimate of drug-likeness (QED) is 0.819. The predicted molar refractivity (Wildman–Crippen MR) is 83.4 cm³/mol. The molecular weight excluding hydrogens is 270 g/mol. The number of rotatable bonds is 6. The maximum atomic E-state index is 12.1. The Morgan fingerprint density at radius 1 is 1.55 bits per heavy atom. The SMILES string of the molecule is CCCC(C)C(=O)N(C)Cc1cc(C#CCCO)cs1. The van der Waals surface area contributed by atoms with Gasteiger partial charge >= 0.3 is 0 Å². The van der Waals surface area contributed by atoms with Crippen molar-refractivity contribution in [3.63, 3.8) is 0 Å². The zero-order valence-corrected chi connectivity index (χ0v) is 13.3. The fourth-order valence-corrected chi connectivity index (χ4v) is 2.86. The summed E-state index contributed by atoms with van der Waals surface area (Å²) >= 11 is 1.62. The first-order valence-corrected chi connectivity index (χ1v) is 7.88. The second-order valence-electron chi connectivity index (χ2n) is 4.96. The van der Waals surface area contributed by atoms with Crippen LogP contribution in [0.5, 0.6) is 0 Å². The van der Waals surface area contributed by atoms with E-state index in [1.165, 1.54) is 0 Å². The summed E-state index contributed by atoms with van der Waals surface area (Å²) in [7, 11) is 1.85. The van der Waals surface area contributed by atoms with Crippen molar-refractivity contribution in [1.29, 1.82) is 0 Å². The molecule has 1 unspecified atom stereocenters. The molecule has 1 amide bonds. The molecule has 110 valence electrons. The fraction of sp³-hybridized carbons (Fsp3) is 0.562. The van der Waals surface area contributed by atoms with E-state index in [0.717, 1.165) is 23.3 Å². The van der Waals surface area contributed by atoms with Crippen molar-refractivity contribution in [3.05, 3.63) is 21.9 Å². The van der Waals surface area contributed by atoms with Crippen LogP contribution in [0.1, 0.15) is 43.6 Å². The van der Waals surface area contributed by atoms with Crippen molar-refractivity contribution in [2.24, 2.45) is 5.92 Å². The zero-order valence-electron chi connectivity index (χ0n) is 12.5. The van der Waals surface area contributed by atoms with E-state index in [2.05, 4.69) is 18.8 Å². The van der Waals surface area contributed by atoms with Crippen molar-refractivity contribution < 1.29 is 9.90 Å². The number of aliphatic hydroxyl groups excluding tert-OH is 1. The normalized spacial score (nSPS) is 11.6. The number of carbonyl (C=O) groups excluding carboxylic acids is 1. The van der Waals surface area contributed by atoms with Crippen molar-refractivity contribution in [2.75, 3.05) is 13.7 Å². The molecule has 4 heteroatoms. The number of carbonyl (C=O) groups is 1. The number of aliphatic hydroxyl groups is 1. The van der Waals surface area contributed by atoms with Gasteiger partial charge in [-0.25, -0.2) is 0 Å². The molecule has 0 saturated heterocycles. The van der Waals surface area contributed by atoms with Gasteiger partial charge in [-0.2, -0.15) is 0 Å². The Morgan fingerprint density at radius 2 is 2.30 bits per heavy atom. The minimum absolute atomic E-state index is 0.0915. The monoisotopic (exact) mass is 293 g/mol. The summed E-state index contributed by atoms with van der Waals surface area (Å²) in [4.78, 5) is 15.1. The lowest BCUT2D eigenvalue weighted by atomic mass is 10.1. The lowest BCUT2D eigenvalue weighted by molar-refractivity contribution is -0.134. The number of amides is 1. The molecule has 0 radical (unpaired) electrons. The van der Waals surface area contributed by atoms with Gasteiger partial charge in [0, 0.05) is 35.2 Å². The van der Waals surface area contributed by atoms with E-state index in [1.807, 2.05) is 25.4 Å². The molecule has 0 saturated carbocycles. The molecule has 0 bridgehead atoms. The summed E-state index contributed by atoms with van der Waals surface area (Å²) < 4.78 is 0. The van der Waals surface area contributed by atoms with Crippen molar-refractivity contribution in [2.45, 2.75) is 39.7 Å². The topological polar surface area (TPSA) is 40.5 Å². The molecule has 3 nitrogen and oxygen atoms in total. The molecule has 0 aromatic carbocycles. The first kappa shape index (κ1) is 16.7. The minimum Gasteiger partial charge on any atom is -0.395 e. The second-order valence-corrected chi connectivity index (χ2v) is 5.96. The molecule has 1 atom stereocenters. The molecule has 1 N–H and O–H groups in total. The highest BCUT2D eigenvalue weighted by molar-refractivity contribution is 7.10. The first-order chi connectivity index (χ1) is 9.58. The van der Waals surface area contributed by atoms with E-state index >= 15 is 0 Å². The van der Waals surface area contributed by atoms with Crippen molar-refractivity contribution in [1.82, 2.24) is 4.90 Å². The molecule has 1 aromatic heterocycles. The predicted octanol–water partition coefficient (Wildman–Crippen LogP) is 2.88. The van der Waals surface area contributed by atoms with Gasteiger partial charge in [0.25, 0.3) is 0 Å². The molecule has 1 aromatic rings. The van der Waals surface area contributed by atoms with Gasteiger partial charge in [0.1, 0.15) is 0 Å². The van der Waals surface area contributed by atoms with E-state index in [-0.39, 0.29) is 18.4 Å². The Kier molecular flexibility index (Phi) is 7.35. The van der Waals surface area contributed by atoms with Gasteiger partial charge in [-0.3, -0.25) is 4.79 Å². The van der Waals surface area contributed by atoms with Gasteiger partial charge in [-0.15, -0.1) is 11.3 Å². The molecule has 0 aliphatic carbocycles. The highest BCUT2D eigenvalue weighted by Crippen LogP contribution is 2.17. The fourth-order valence-electron chi connectivity index (χ4n) is 1.99. The molecule has 1 rings (SSSR count). The highest BCUT2D eigenvalue weighted by Gasteiger charge is 2.17. The summed E-state index contributed by atoms with van der Waals surface area (Å²) in [5.74, 6) is 6.20. The molecule has 1 heterocycles. The zero-order chi connectivity index (χ0) is 15.0. The number of hydrogen-bond donors (Lipinski definition) is 1. The van der Waals surface area contributed by atoms with E-state index in [4.69, 9.17) is 5.11 Å². The maximum Gasteiger partial charge on any atom is 0.225 e. The second kappa shape index (κ2) is 8.78. The highest BCUT2D eigenvalue weighted by atomic mass is 32.1. The lowest BCUT2D eigenvalue weighted by Gasteiger charge is -2.20. The van der Waals surface area contributed by atoms with Crippen LogP contribution in [0.4, 0.5) is 0 Å². The maximum absolute atomic E-state index is 12.1. The standard InChI is InChI=1S/C16H23NO2S/c1-4-7-13(2)16(19)17(3)11-15-10-14(12-20-15)8-5-6-9-18/h10,12-13,18H,4,6-7,9,11H2,1-3H3. The Labute approximate surface area is 125 Å². The molecule has 0 fully saturated rings. The Bertz CT molecular complexity index is 484. The van der Waals surface area contributed by atoms with Crippen LogP contribution in [0.3, 0.4) is 0 Å². The summed E-state index contributed by atoms with van der Waals surface area (Å²) in [5, 5.41) is 10.7. The summed E-state index contributed by atoms with van der Waals surface area (Å²) in [5.41, 5.74) is 0.959. The Balaban J connectivity index is 2.56. The van der Waals surface area contributed by atoms with Gasteiger partial charge < -0.3 is 10.0 Å². The van der Waals surface area contributed by atoms with Crippen LogP contribution < -0.4 is 0 Å². The molecule has 0 spiro atoms. The average molecular weight is 293 g/mol. The number of nitrogens with zero attached hydrogens (tertiary/aromatic N) is 1. The van der Waals surface area contributed by atoms with E-state index < -0.39 is 0 Å².